The van der Waals surface area contributed by atoms with Crippen molar-refractivity contribution in [2.75, 3.05) is 11.9 Å². The van der Waals surface area contributed by atoms with Crippen LogP contribution in [-0.4, -0.2) is 18.7 Å². The fraction of sp³-hybridized carbons (Fsp3) is 0.0526. The van der Waals surface area contributed by atoms with Crippen molar-refractivity contribution in [2.24, 2.45) is 5.10 Å². The first kappa shape index (κ1) is 16.0. The number of nitrogens with one attached hydrogen (secondary N) is 2. The summed E-state index contributed by atoms with van der Waals surface area (Å²) in [5.74, 6) is -0.221. The Labute approximate surface area is 145 Å². The topological polar surface area (TPSA) is 53.5 Å². The summed E-state index contributed by atoms with van der Waals surface area (Å²) in [6, 6.07) is 21.2. The van der Waals surface area contributed by atoms with Crippen molar-refractivity contribution in [2.45, 2.75) is 0 Å². The fourth-order valence-electron chi connectivity index (χ4n) is 2.36. The van der Waals surface area contributed by atoms with Gasteiger partial charge in [0.2, 0.25) is 0 Å². The van der Waals surface area contributed by atoms with Crippen molar-refractivity contribution < 1.29 is 4.79 Å². The summed E-state index contributed by atoms with van der Waals surface area (Å²) in [6.07, 6.45) is 1.56. The molecule has 120 valence electrons. The van der Waals surface area contributed by atoms with E-state index >= 15 is 0 Å². The van der Waals surface area contributed by atoms with Gasteiger partial charge in [-0.1, -0.05) is 60.1 Å². The minimum absolute atomic E-state index is 0.140. The molecule has 0 unspecified atom stereocenters. The van der Waals surface area contributed by atoms with Gasteiger partial charge in [-0.3, -0.25) is 4.79 Å². The predicted molar refractivity (Wildman–Crippen MR) is 99.6 cm³/mol. The van der Waals surface area contributed by atoms with Gasteiger partial charge in [-0.05, 0) is 29.1 Å². The molecule has 0 aliphatic carbocycles. The van der Waals surface area contributed by atoms with Crippen LogP contribution in [0.15, 0.2) is 71.8 Å². The van der Waals surface area contributed by atoms with Gasteiger partial charge in [0.05, 0.1) is 12.8 Å². The van der Waals surface area contributed by atoms with Gasteiger partial charge in [0.15, 0.2) is 0 Å². The van der Waals surface area contributed by atoms with Gasteiger partial charge >= 0.3 is 0 Å². The molecule has 0 spiro atoms. The number of fused-ring (bicyclic) bond motifs is 1. The van der Waals surface area contributed by atoms with Crippen molar-refractivity contribution in [3.63, 3.8) is 0 Å². The number of rotatable bonds is 5. The van der Waals surface area contributed by atoms with E-state index in [1.807, 2.05) is 54.6 Å². The number of amides is 1. The van der Waals surface area contributed by atoms with Crippen molar-refractivity contribution in [1.82, 2.24) is 5.43 Å². The zero-order valence-electron chi connectivity index (χ0n) is 12.9. The molecule has 0 bridgehead atoms. The molecule has 2 N–H and O–H groups in total. The number of hydrogen-bond donors (Lipinski definition) is 2. The van der Waals surface area contributed by atoms with Gasteiger partial charge in [0.25, 0.3) is 5.91 Å². The molecule has 0 heterocycles. The Bertz CT molecular complexity index is 887. The van der Waals surface area contributed by atoms with E-state index in [9.17, 15) is 4.79 Å². The molecule has 3 aromatic carbocycles. The quantitative estimate of drug-likeness (QED) is 0.545. The van der Waals surface area contributed by atoms with Crippen molar-refractivity contribution in [3.8, 4) is 0 Å². The predicted octanol–water partition coefficient (Wildman–Crippen LogP) is 4.06. The van der Waals surface area contributed by atoms with Crippen LogP contribution in [0.5, 0.6) is 0 Å². The first-order chi connectivity index (χ1) is 11.7. The number of carbonyl (C=O) groups is 1. The maximum atomic E-state index is 11.9. The van der Waals surface area contributed by atoms with Gasteiger partial charge in [0, 0.05) is 16.1 Å². The fourth-order valence-corrected chi connectivity index (χ4v) is 2.56. The Balaban J connectivity index is 1.57. The van der Waals surface area contributed by atoms with Gasteiger partial charge in [-0.25, -0.2) is 5.43 Å². The second kappa shape index (κ2) is 7.62. The van der Waals surface area contributed by atoms with E-state index in [2.05, 4.69) is 15.8 Å². The van der Waals surface area contributed by atoms with Gasteiger partial charge in [-0.2, -0.15) is 5.10 Å². The van der Waals surface area contributed by atoms with Crippen LogP contribution in [0.25, 0.3) is 10.8 Å². The lowest BCUT2D eigenvalue weighted by Gasteiger charge is -2.08. The number of hydrogen-bond acceptors (Lipinski definition) is 3. The summed E-state index contributed by atoms with van der Waals surface area (Å²) in [4.78, 5) is 11.9. The van der Waals surface area contributed by atoms with Crippen molar-refractivity contribution >= 4 is 40.2 Å². The zero-order chi connectivity index (χ0) is 16.8. The summed E-state index contributed by atoms with van der Waals surface area (Å²) in [5, 5.41) is 9.91. The molecule has 3 aromatic rings. The van der Waals surface area contributed by atoms with E-state index in [0.29, 0.717) is 5.02 Å². The number of hydrazone groups is 1. The third-order valence-electron chi connectivity index (χ3n) is 3.48. The third kappa shape index (κ3) is 4.12. The third-order valence-corrected chi connectivity index (χ3v) is 3.72. The highest BCUT2D eigenvalue weighted by Crippen LogP contribution is 2.22. The Morgan fingerprint density at radius 1 is 1.04 bits per heavy atom. The molecular formula is C19H16ClN3O. The van der Waals surface area contributed by atoms with E-state index in [-0.39, 0.29) is 12.5 Å². The Morgan fingerprint density at radius 3 is 2.71 bits per heavy atom. The van der Waals surface area contributed by atoms with Crippen LogP contribution in [0.2, 0.25) is 5.02 Å². The average Bonchev–Trinajstić information content (AvgIpc) is 2.60. The highest BCUT2D eigenvalue weighted by Gasteiger charge is 2.03. The normalized spacial score (nSPS) is 10.9. The molecular weight excluding hydrogens is 322 g/mol. The minimum Gasteiger partial charge on any atom is -0.376 e. The highest BCUT2D eigenvalue weighted by atomic mass is 35.5. The second-order valence-electron chi connectivity index (χ2n) is 5.23. The number of anilines is 1. The van der Waals surface area contributed by atoms with E-state index in [1.54, 1.807) is 18.3 Å². The maximum Gasteiger partial charge on any atom is 0.259 e. The lowest BCUT2D eigenvalue weighted by Crippen LogP contribution is -2.25. The molecule has 0 aliphatic heterocycles. The standard InChI is InChI=1S/C19H16ClN3O/c20-16-8-3-5-14(11-16)12-22-23-19(24)13-21-18-10-4-7-15-6-1-2-9-17(15)18/h1-12,21H,13H2,(H,23,24). The van der Waals surface area contributed by atoms with Gasteiger partial charge < -0.3 is 5.32 Å². The second-order valence-corrected chi connectivity index (χ2v) is 5.66. The van der Waals surface area contributed by atoms with Gasteiger partial charge in [0.1, 0.15) is 0 Å². The molecule has 1 amide bonds. The van der Waals surface area contributed by atoms with Crippen LogP contribution < -0.4 is 10.7 Å². The number of halogens is 1. The maximum absolute atomic E-state index is 11.9. The van der Waals surface area contributed by atoms with Crippen LogP contribution in [0, 0.1) is 0 Å². The van der Waals surface area contributed by atoms with Crippen LogP contribution in [0.1, 0.15) is 5.56 Å². The molecule has 5 heteroatoms. The van der Waals surface area contributed by atoms with Crippen LogP contribution in [0.3, 0.4) is 0 Å². The summed E-state index contributed by atoms with van der Waals surface area (Å²) in [5.41, 5.74) is 4.24. The van der Waals surface area contributed by atoms with Crippen molar-refractivity contribution in [1.29, 1.82) is 0 Å². The molecule has 0 aromatic heterocycles. The largest absolute Gasteiger partial charge is 0.376 e. The number of nitrogens with zero attached hydrogens (tertiary/aromatic N) is 1. The summed E-state index contributed by atoms with van der Waals surface area (Å²) >= 11 is 5.89. The van der Waals surface area contributed by atoms with Crippen molar-refractivity contribution in [3.05, 3.63) is 77.3 Å². The Kier molecular flexibility index (Phi) is 5.08. The first-order valence-electron chi connectivity index (χ1n) is 7.51. The van der Waals surface area contributed by atoms with Gasteiger partial charge in [-0.15, -0.1) is 0 Å². The minimum atomic E-state index is -0.221. The Morgan fingerprint density at radius 2 is 1.83 bits per heavy atom. The summed E-state index contributed by atoms with van der Waals surface area (Å²) in [7, 11) is 0. The smallest absolute Gasteiger partial charge is 0.259 e. The number of benzene rings is 3. The highest BCUT2D eigenvalue weighted by molar-refractivity contribution is 6.30. The van der Waals surface area contributed by atoms with Crippen LogP contribution >= 0.6 is 11.6 Å². The zero-order valence-corrected chi connectivity index (χ0v) is 13.6. The van der Waals surface area contributed by atoms with Crippen LogP contribution in [-0.2, 0) is 4.79 Å². The first-order valence-corrected chi connectivity index (χ1v) is 7.89. The SMILES string of the molecule is O=C(CNc1cccc2ccccc12)NN=Cc1cccc(Cl)c1. The molecule has 0 saturated heterocycles. The monoisotopic (exact) mass is 337 g/mol. The molecule has 24 heavy (non-hydrogen) atoms. The molecule has 0 fully saturated rings. The molecule has 0 saturated carbocycles. The molecule has 0 aliphatic rings. The van der Waals surface area contributed by atoms with E-state index in [0.717, 1.165) is 22.0 Å². The molecule has 0 atom stereocenters. The van der Waals surface area contributed by atoms with Crippen LogP contribution in [0.4, 0.5) is 5.69 Å². The summed E-state index contributed by atoms with van der Waals surface area (Å²) < 4.78 is 0. The Hall–Kier alpha value is -2.85. The molecule has 0 radical (unpaired) electrons. The molecule has 3 rings (SSSR count). The average molecular weight is 338 g/mol. The summed E-state index contributed by atoms with van der Waals surface area (Å²) in [6.45, 7) is 0.140. The lowest BCUT2D eigenvalue weighted by atomic mass is 10.1. The van der Waals surface area contributed by atoms with E-state index < -0.39 is 0 Å². The lowest BCUT2D eigenvalue weighted by molar-refractivity contribution is -0.119. The molecule has 4 nitrogen and oxygen atoms in total. The van der Waals surface area contributed by atoms with E-state index in [1.165, 1.54) is 0 Å². The number of carbonyl (C=O) groups excluding carboxylic acids is 1. The van der Waals surface area contributed by atoms with E-state index in [4.69, 9.17) is 11.6 Å².